The molecule has 2 unspecified atom stereocenters. The summed E-state index contributed by atoms with van der Waals surface area (Å²) in [7, 11) is 1.85. The van der Waals surface area contributed by atoms with Gasteiger partial charge in [0.2, 0.25) is 0 Å². The second-order valence-electron chi connectivity index (χ2n) is 5.36. The van der Waals surface area contributed by atoms with Crippen LogP contribution in [-0.2, 0) is 7.05 Å². The van der Waals surface area contributed by atoms with Crippen LogP contribution >= 0.6 is 0 Å². The smallest absolute Gasteiger partial charge is 0.276 e. The molecule has 0 radical (unpaired) electrons. The molecule has 3 rings (SSSR count). The molecular formula is C14H18N4O. The van der Waals surface area contributed by atoms with Crippen LogP contribution in [0.2, 0.25) is 0 Å². The van der Waals surface area contributed by atoms with E-state index < -0.39 is 0 Å². The fourth-order valence-corrected chi connectivity index (χ4v) is 2.83. The van der Waals surface area contributed by atoms with Crippen LogP contribution in [0.5, 0.6) is 0 Å². The molecule has 19 heavy (non-hydrogen) atoms. The van der Waals surface area contributed by atoms with Gasteiger partial charge in [-0.1, -0.05) is 25.1 Å². The Balaban J connectivity index is 2.03. The average Bonchev–Trinajstić information content (AvgIpc) is 2.90. The largest absolute Gasteiger partial charge is 0.322 e. The molecule has 100 valence electrons. The predicted octanol–water partition coefficient (Wildman–Crippen LogP) is 1.34. The van der Waals surface area contributed by atoms with Crippen LogP contribution in [0.25, 0.3) is 10.9 Å². The first kappa shape index (κ1) is 12.2. The summed E-state index contributed by atoms with van der Waals surface area (Å²) in [6.07, 6.45) is 0.666. The summed E-state index contributed by atoms with van der Waals surface area (Å²) in [5, 5.41) is 5.25. The number of carbonyl (C=O) groups is 1. The van der Waals surface area contributed by atoms with Crippen LogP contribution in [0.15, 0.2) is 24.3 Å². The molecule has 0 aliphatic carbocycles. The number of aryl methyl sites for hydroxylation is 1. The van der Waals surface area contributed by atoms with Crippen molar-refractivity contribution in [3.05, 3.63) is 30.0 Å². The Morgan fingerprint density at radius 1 is 1.42 bits per heavy atom. The fourth-order valence-electron chi connectivity index (χ4n) is 2.83. The van der Waals surface area contributed by atoms with Crippen LogP contribution in [0, 0.1) is 5.92 Å². The molecule has 5 nitrogen and oxygen atoms in total. The van der Waals surface area contributed by atoms with E-state index in [1.807, 2.05) is 31.3 Å². The van der Waals surface area contributed by atoms with Gasteiger partial charge in [0, 0.05) is 19.0 Å². The van der Waals surface area contributed by atoms with Crippen LogP contribution in [0.4, 0.5) is 0 Å². The molecule has 1 aliphatic heterocycles. The van der Waals surface area contributed by atoms with Crippen LogP contribution < -0.4 is 5.73 Å². The van der Waals surface area contributed by atoms with Crippen molar-refractivity contribution in [2.75, 3.05) is 6.54 Å². The molecule has 1 aliphatic rings. The third-order valence-corrected chi connectivity index (χ3v) is 3.77. The Labute approximate surface area is 112 Å². The molecule has 2 aromatic rings. The number of hydrogen-bond acceptors (Lipinski definition) is 3. The van der Waals surface area contributed by atoms with Gasteiger partial charge in [-0.2, -0.15) is 5.10 Å². The highest BCUT2D eigenvalue weighted by Gasteiger charge is 2.33. The normalized spacial score (nSPS) is 23.2. The Kier molecular flexibility index (Phi) is 2.78. The molecule has 0 saturated carbocycles. The summed E-state index contributed by atoms with van der Waals surface area (Å²) >= 11 is 0. The standard InChI is InChI=1S/C14H18N4O/c1-9-7-12(15)18(8-9)14(19)13-10-5-3-4-6-11(10)17(2)16-13/h3-6,9,12H,7-8,15H2,1-2H3. The maximum atomic E-state index is 12.6. The minimum atomic E-state index is -0.191. The number of nitrogens with two attached hydrogens (primary N) is 1. The Bertz CT molecular complexity index is 633. The summed E-state index contributed by atoms with van der Waals surface area (Å²) in [5.74, 6) is 0.391. The lowest BCUT2D eigenvalue weighted by Gasteiger charge is -2.20. The second kappa shape index (κ2) is 4.35. The SMILES string of the molecule is CC1CC(N)N(C(=O)c2nn(C)c3ccccc23)C1. The number of likely N-dealkylation sites (tertiary alicyclic amines) is 1. The Hall–Kier alpha value is -1.88. The van der Waals surface area contributed by atoms with Crippen molar-refractivity contribution in [1.82, 2.24) is 14.7 Å². The van der Waals surface area contributed by atoms with Gasteiger partial charge in [0.25, 0.3) is 5.91 Å². The summed E-state index contributed by atoms with van der Waals surface area (Å²) in [5.41, 5.74) is 7.50. The lowest BCUT2D eigenvalue weighted by atomic mass is 10.1. The van der Waals surface area contributed by atoms with Gasteiger partial charge >= 0.3 is 0 Å². The molecule has 1 fully saturated rings. The highest BCUT2D eigenvalue weighted by molar-refractivity contribution is 6.05. The van der Waals surface area contributed by atoms with Gasteiger partial charge in [0.15, 0.2) is 5.69 Å². The van der Waals surface area contributed by atoms with Gasteiger partial charge < -0.3 is 10.6 Å². The minimum Gasteiger partial charge on any atom is -0.322 e. The predicted molar refractivity (Wildman–Crippen MR) is 73.5 cm³/mol. The zero-order chi connectivity index (χ0) is 13.6. The fraction of sp³-hybridized carbons (Fsp3) is 0.429. The number of fused-ring (bicyclic) bond motifs is 1. The number of para-hydroxylation sites is 1. The van der Waals surface area contributed by atoms with E-state index in [-0.39, 0.29) is 12.1 Å². The summed E-state index contributed by atoms with van der Waals surface area (Å²) in [6.45, 7) is 2.83. The van der Waals surface area contributed by atoms with Gasteiger partial charge in [0.05, 0.1) is 11.7 Å². The molecule has 1 aromatic carbocycles. The first-order valence-electron chi connectivity index (χ1n) is 6.56. The quantitative estimate of drug-likeness (QED) is 0.839. The van der Waals surface area contributed by atoms with Crippen molar-refractivity contribution in [3.8, 4) is 0 Å². The number of hydrogen-bond donors (Lipinski definition) is 1. The third kappa shape index (κ3) is 1.90. The lowest BCUT2D eigenvalue weighted by Crippen LogP contribution is -2.41. The minimum absolute atomic E-state index is 0.0614. The molecular weight excluding hydrogens is 240 g/mol. The van der Waals surface area contributed by atoms with Gasteiger partial charge in [-0.25, -0.2) is 0 Å². The number of amides is 1. The lowest BCUT2D eigenvalue weighted by molar-refractivity contribution is 0.0732. The summed E-state index contributed by atoms with van der Waals surface area (Å²) < 4.78 is 1.74. The van der Waals surface area contributed by atoms with Gasteiger partial charge in [-0.15, -0.1) is 0 Å². The zero-order valence-electron chi connectivity index (χ0n) is 11.2. The molecule has 0 bridgehead atoms. The van der Waals surface area contributed by atoms with Crippen LogP contribution in [0.3, 0.4) is 0 Å². The molecule has 2 heterocycles. The van der Waals surface area contributed by atoms with E-state index >= 15 is 0 Å². The zero-order valence-corrected chi connectivity index (χ0v) is 11.2. The third-order valence-electron chi connectivity index (χ3n) is 3.77. The monoisotopic (exact) mass is 258 g/mol. The van der Waals surface area contributed by atoms with E-state index in [2.05, 4.69) is 12.0 Å². The van der Waals surface area contributed by atoms with E-state index in [0.29, 0.717) is 18.2 Å². The number of nitrogens with zero attached hydrogens (tertiary/aromatic N) is 3. The van der Waals surface area contributed by atoms with E-state index in [1.54, 1.807) is 9.58 Å². The van der Waals surface area contributed by atoms with Gasteiger partial charge in [-0.3, -0.25) is 9.48 Å². The number of rotatable bonds is 1. The second-order valence-corrected chi connectivity index (χ2v) is 5.36. The summed E-state index contributed by atoms with van der Waals surface area (Å²) in [6, 6.07) is 7.77. The first-order valence-corrected chi connectivity index (χ1v) is 6.56. The van der Waals surface area contributed by atoms with E-state index in [1.165, 1.54) is 0 Å². The topological polar surface area (TPSA) is 64.2 Å². The number of benzene rings is 1. The van der Waals surface area contributed by atoms with Crippen molar-refractivity contribution in [1.29, 1.82) is 0 Å². The van der Waals surface area contributed by atoms with Gasteiger partial charge in [-0.05, 0) is 18.4 Å². The van der Waals surface area contributed by atoms with Crippen molar-refractivity contribution in [2.24, 2.45) is 18.7 Å². The Morgan fingerprint density at radius 3 is 2.84 bits per heavy atom. The highest BCUT2D eigenvalue weighted by atomic mass is 16.2. The van der Waals surface area contributed by atoms with Crippen molar-refractivity contribution < 1.29 is 4.79 Å². The maximum absolute atomic E-state index is 12.6. The highest BCUT2D eigenvalue weighted by Crippen LogP contribution is 2.24. The van der Waals surface area contributed by atoms with Crippen molar-refractivity contribution in [3.63, 3.8) is 0 Å². The van der Waals surface area contributed by atoms with E-state index in [9.17, 15) is 4.79 Å². The van der Waals surface area contributed by atoms with E-state index in [4.69, 9.17) is 5.73 Å². The number of aromatic nitrogens is 2. The molecule has 1 aromatic heterocycles. The number of carbonyl (C=O) groups excluding carboxylic acids is 1. The van der Waals surface area contributed by atoms with Crippen LogP contribution in [0.1, 0.15) is 23.8 Å². The van der Waals surface area contributed by atoms with Gasteiger partial charge in [0.1, 0.15) is 0 Å². The van der Waals surface area contributed by atoms with E-state index in [0.717, 1.165) is 17.3 Å². The average molecular weight is 258 g/mol. The Morgan fingerprint density at radius 2 is 2.16 bits per heavy atom. The molecule has 2 atom stereocenters. The molecule has 5 heteroatoms. The molecule has 2 N–H and O–H groups in total. The molecule has 1 saturated heterocycles. The summed E-state index contributed by atoms with van der Waals surface area (Å²) in [4.78, 5) is 14.3. The molecule has 1 amide bonds. The first-order chi connectivity index (χ1) is 9.08. The van der Waals surface area contributed by atoms with Crippen molar-refractivity contribution >= 4 is 16.8 Å². The van der Waals surface area contributed by atoms with Crippen molar-refractivity contribution in [2.45, 2.75) is 19.5 Å². The molecule has 0 spiro atoms. The van der Waals surface area contributed by atoms with Crippen LogP contribution in [-0.4, -0.2) is 33.3 Å². The maximum Gasteiger partial charge on any atom is 0.276 e.